The van der Waals surface area contributed by atoms with Gasteiger partial charge < -0.3 is 20.4 Å². The summed E-state index contributed by atoms with van der Waals surface area (Å²) in [5, 5.41) is 44.3. The van der Waals surface area contributed by atoms with E-state index in [0.717, 1.165) is 44.9 Å². The van der Waals surface area contributed by atoms with Gasteiger partial charge in [0.2, 0.25) is 0 Å². The molecule has 0 aromatic carbocycles. The number of fused-ring (bicyclic) bond motifs is 5. The predicted molar refractivity (Wildman–Crippen MR) is 137 cm³/mol. The van der Waals surface area contributed by atoms with E-state index >= 15 is 0 Å². The zero-order valence-corrected chi connectivity index (χ0v) is 23.1. The van der Waals surface area contributed by atoms with Gasteiger partial charge in [0.25, 0.3) is 0 Å². The molecule has 196 valence electrons. The highest BCUT2D eigenvalue weighted by Gasteiger charge is 2.71. The third kappa shape index (κ3) is 3.76. The highest BCUT2D eigenvalue weighted by molar-refractivity contribution is 5.20. The second-order valence-electron chi connectivity index (χ2n) is 15.0. The molecule has 4 N–H and O–H groups in total. The molecule has 4 saturated carbocycles. The lowest BCUT2D eigenvalue weighted by molar-refractivity contribution is -0.246. The fourth-order valence-corrected chi connectivity index (χ4v) is 10.2. The fraction of sp³-hybridized carbons (Fsp3) is 0.933. The molecule has 0 amide bonds. The van der Waals surface area contributed by atoms with E-state index in [1.54, 1.807) is 19.9 Å². The molecule has 0 spiro atoms. The van der Waals surface area contributed by atoms with Crippen molar-refractivity contribution in [3.05, 3.63) is 12.2 Å². The lowest BCUT2D eigenvalue weighted by Crippen LogP contribution is -2.66. The van der Waals surface area contributed by atoms with Crippen LogP contribution in [0.2, 0.25) is 0 Å². The lowest BCUT2D eigenvalue weighted by atomic mass is 9.35. The van der Waals surface area contributed by atoms with Crippen LogP contribution in [0.5, 0.6) is 0 Å². The van der Waals surface area contributed by atoms with Gasteiger partial charge in [-0.25, -0.2) is 0 Å². The maximum Gasteiger partial charge on any atom is 0.0771 e. The molecule has 10 atom stereocenters. The van der Waals surface area contributed by atoms with Gasteiger partial charge in [0.15, 0.2) is 0 Å². The van der Waals surface area contributed by atoms with Crippen LogP contribution in [0.4, 0.5) is 0 Å². The normalized spacial score (nSPS) is 50.4. The first-order chi connectivity index (χ1) is 15.4. The standard InChI is InChI=1S/C30H52O4/c1-25(2,33)13-9-14-30(8,34)19-10-16-29(7)24(19)20(31)18-22-27(5)15-12-23(32)26(3,4)21(27)11-17-28(22,29)6/h9,13,19-24,31-34H,10-12,14-18H2,1-8H3/t19-,20+,21?,22+,23+,24-,27-,28+,29-,30-/m0/s1. The molecular formula is C30H52O4. The van der Waals surface area contributed by atoms with Crippen molar-refractivity contribution in [1.29, 1.82) is 0 Å². The van der Waals surface area contributed by atoms with Gasteiger partial charge in [0.05, 0.1) is 23.4 Å². The van der Waals surface area contributed by atoms with Gasteiger partial charge in [0, 0.05) is 0 Å². The molecule has 34 heavy (non-hydrogen) atoms. The predicted octanol–water partition coefficient (Wildman–Crippen LogP) is 5.47. The van der Waals surface area contributed by atoms with Gasteiger partial charge in [0.1, 0.15) is 0 Å². The van der Waals surface area contributed by atoms with Crippen LogP contribution < -0.4 is 0 Å². The van der Waals surface area contributed by atoms with Crippen LogP contribution in [0.1, 0.15) is 107 Å². The van der Waals surface area contributed by atoms with Crippen LogP contribution in [0.3, 0.4) is 0 Å². The third-order valence-electron chi connectivity index (χ3n) is 12.2. The Bertz CT molecular complexity index is 809. The summed E-state index contributed by atoms with van der Waals surface area (Å²) in [6.07, 6.45) is 10.5. The van der Waals surface area contributed by atoms with E-state index in [0.29, 0.717) is 18.3 Å². The summed E-state index contributed by atoms with van der Waals surface area (Å²) in [6.45, 7) is 17.3. The van der Waals surface area contributed by atoms with E-state index in [9.17, 15) is 20.4 Å². The molecule has 4 aliphatic rings. The number of aliphatic hydroxyl groups is 4. The summed E-state index contributed by atoms with van der Waals surface area (Å²) in [5.74, 6) is 1.04. The summed E-state index contributed by atoms with van der Waals surface area (Å²) in [5.41, 5.74) is -1.66. The van der Waals surface area contributed by atoms with E-state index in [1.807, 2.05) is 13.0 Å². The summed E-state index contributed by atoms with van der Waals surface area (Å²) in [4.78, 5) is 0. The smallest absolute Gasteiger partial charge is 0.0771 e. The molecule has 4 nitrogen and oxygen atoms in total. The van der Waals surface area contributed by atoms with E-state index < -0.39 is 17.3 Å². The zero-order chi connectivity index (χ0) is 25.5. The summed E-state index contributed by atoms with van der Waals surface area (Å²) in [7, 11) is 0. The highest BCUT2D eigenvalue weighted by Crippen LogP contribution is 2.75. The van der Waals surface area contributed by atoms with Crippen molar-refractivity contribution in [3.63, 3.8) is 0 Å². The van der Waals surface area contributed by atoms with Crippen molar-refractivity contribution in [2.45, 2.75) is 130 Å². The molecule has 0 aromatic heterocycles. The maximum atomic E-state index is 11.8. The minimum Gasteiger partial charge on any atom is -0.393 e. The van der Waals surface area contributed by atoms with Crippen LogP contribution in [0, 0.1) is 45.3 Å². The van der Waals surface area contributed by atoms with E-state index in [2.05, 4.69) is 34.6 Å². The first-order valence-electron chi connectivity index (χ1n) is 13.9. The molecule has 4 rings (SSSR count). The average Bonchev–Trinajstić information content (AvgIpc) is 3.07. The van der Waals surface area contributed by atoms with Crippen molar-refractivity contribution in [2.24, 2.45) is 45.3 Å². The van der Waals surface area contributed by atoms with Gasteiger partial charge >= 0.3 is 0 Å². The topological polar surface area (TPSA) is 80.9 Å². The van der Waals surface area contributed by atoms with Crippen LogP contribution >= 0.6 is 0 Å². The molecule has 1 unspecified atom stereocenters. The first-order valence-corrected chi connectivity index (χ1v) is 13.9. The molecular weight excluding hydrogens is 424 g/mol. The molecule has 0 heterocycles. The van der Waals surface area contributed by atoms with Crippen molar-refractivity contribution in [3.8, 4) is 0 Å². The monoisotopic (exact) mass is 476 g/mol. The zero-order valence-electron chi connectivity index (χ0n) is 23.1. The summed E-state index contributed by atoms with van der Waals surface area (Å²) < 4.78 is 0. The molecule has 0 radical (unpaired) electrons. The molecule has 0 saturated heterocycles. The van der Waals surface area contributed by atoms with Gasteiger partial charge in [-0.3, -0.25) is 0 Å². The SMILES string of the molecule is CC(C)(O)C=CC[C@](C)(O)[C@H]1CC[C@@]2(C)[C@@H]1[C@H](O)C[C@@H]1[C@@]3(C)CC[C@@H](O)C(C)(C)C3CC[C@]12C. The molecule has 0 bridgehead atoms. The van der Waals surface area contributed by atoms with Crippen molar-refractivity contribution in [1.82, 2.24) is 0 Å². The molecule has 4 heteroatoms. The Labute approximate surface area is 208 Å². The van der Waals surface area contributed by atoms with Crippen molar-refractivity contribution >= 4 is 0 Å². The number of rotatable bonds is 4. The molecule has 0 aliphatic heterocycles. The fourth-order valence-electron chi connectivity index (χ4n) is 10.2. The van der Waals surface area contributed by atoms with Crippen LogP contribution in [-0.4, -0.2) is 43.8 Å². The van der Waals surface area contributed by atoms with Crippen molar-refractivity contribution in [2.75, 3.05) is 0 Å². The second-order valence-corrected chi connectivity index (χ2v) is 15.0. The van der Waals surface area contributed by atoms with Crippen LogP contribution in [0.25, 0.3) is 0 Å². The Morgan fingerprint density at radius 2 is 1.44 bits per heavy atom. The van der Waals surface area contributed by atoms with Crippen molar-refractivity contribution < 1.29 is 20.4 Å². The molecule has 4 fully saturated rings. The Hall–Kier alpha value is -0.420. The summed E-state index contributed by atoms with van der Waals surface area (Å²) >= 11 is 0. The lowest BCUT2D eigenvalue weighted by Gasteiger charge is -2.70. The third-order valence-corrected chi connectivity index (χ3v) is 12.2. The Balaban J connectivity index is 1.66. The van der Waals surface area contributed by atoms with Gasteiger partial charge in [-0.05, 0) is 117 Å². The number of hydrogen-bond acceptors (Lipinski definition) is 4. The van der Waals surface area contributed by atoms with Gasteiger partial charge in [-0.2, -0.15) is 0 Å². The Morgan fingerprint density at radius 1 is 0.824 bits per heavy atom. The first kappa shape index (κ1) is 26.6. The maximum absolute atomic E-state index is 11.8. The quantitative estimate of drug-likeness (QED) is 0.406. The van der Waals surface area contributed by atoms with Gasteiger partial charge in [-0.15, -0.1) is 0 Å². The Kier molecular flexibility index (Phi) is 6.30. The average molecular weight is 477 g/mol. The molecule has 4 aliphatic carbocycles. The number of hydrogen-bond donors (Lipinski definition) is 4. The van der Waals surface area contributed by atoms with E-state index in [4.69, 9.17) is 0 Å². The number of aliphatic hydroxyl groups excluding tert-OH is 2. The van der Waals surface area contributed by atoms with E-state index in [-0.39, 0.29) is 39.6 Å². The van der Waals surface area contributed by atoms with Crippen LogP contribution in [0.15, 0.2) is 12.2 Å². The van der Waals surface area contributed by atoms with Crippen LogP contribution in [-0.2, 0) is 0 Å². The minimum absolute atomic E-state index is 0.0157. The summed E-state index contributed by atoms with van der Waals surface area (Å²) in [6, 6.07) is 0. The highest BCUT2D eigenvalue weighted by atomic mass is 16.3. The molecule has 0 aromatic rings. The second kappa shape index (κ2) is 8.04. The van der Waals surface area contributed by atoms with Gasteiger partial charge in [-0.1, -0.05) is 46.8 Å². The largest absolute Gasteiger partial charge is 0.393 e. The minimum atomic E-state index is -0.910. The van der Waals surface area contributed by atoms with E-state index in [1.165, 1.54) is 0 Å². The Morgan fingerprint density at radius 3 is 2.06 bits per heavy atom.